The zero-order valence-corrected chi connectivity index (χ0v) is 17.7. The summed E-state index contributed by atoms with van der Waals surface area (Å²) in [6, 6.07) is 10.0. The second-order valence-corrected chi connectivity index (χ2v) is 7.99. The van der Waals surface area contributed by atoms with Crippen LogP contribution in [-0.4, -0.2) is 92.3 Å². The topological polar surface area (TPSA) is 58.4 Å². The molecule has 2 saturated heterocycles. The molecule has 31 heavy (non-hydrogen) atoms. The molecule has 1 atom stereocenters. The summed E-state index contributed by atoms with van der Waals surface area (Å²) in [6.45, 7) is 7.58. The largest absolute Gasteiger partial charge is 0.468 e. The lowest BCUT2D eigenvalue weighted by molar-refractivity contribution is -0.0458. The summed E-state index contributed by atoms with van der Waals surface area (Å²) in [6.07, 6.45) is 1.54. The second-order valence-electron chi connectivity index (χ2n) is 7.99. The number of carbonyl (C=O) groups excluding carboxylic acids is 1. The minimum Gasteiger partial charge on any atom is -0.468 e. The maximum Gasteiger partial charge on any atom is 0.256 e. The van der Waals surface area contributed by atoms with Gasteiger partial charge in [-0.25, -0.2) is 4.39 Å². The maximum absolute atomic E-state index is 14.3. The van der Waals surface area contributed by atoms with Gasteiger partial charge in [0, 0.05) is 45.8 Å². The van der Waals surface area contributed by atoms with Crippen LogP contribution in [0, 0.1) is 5.82 Å². The molecular weight excluding hydrogens is 401 g/mol. The van der Waals surface area contributed by atoms with Crippen LogP contribution in [0.5, 0.6) is 0 Å². The smallest absolute Gasteiger partial charge is 0.256 e. The maximum atomic E-state index is 14.3. The Morgan fingerprint density at radius 1 is 1.06 bits per heavy atom. The van der Waals surface area contributed by atoms with Gasteiger partial charge >= 0.3 is 0 Å². The third kappa shape index (κ3) is 6.13. The first kappa shape index (κ1) is 22.0. The number of morpholine rings is 2. The van der Waals surface area contributed by atoms with E-state index >= 15 is 0 Å². The molecule has 7 nitrogen and oxygen atoms in total. The van der Waals surface area contributed by atoms with Crippen LogP contribution >= 0.6 is 0 Å². The van der Waals surface area contributed by atoms with Gasteiger partial charge in [0.2, 0.25) is 0 Å². The van der Waals surface area contributed by atoms with Gasteiger partial charge in [-0.3, -0.25) is 14.6 Å². The minimum absolute atomic E-state index is 0.104. The van der Waals surface area contributed by atoms with E-state index < -0.39 is 5.82 Å². The number of benzene rings is 1. The van der Waals surface area contributed by atoms with Crippen molar-refractivity contribution in [2.75, 3.05) is 65.6 Å². The molecule has 0 aliphatic carbocycles. The number of hydrogen-bond acceptors (Lipinski definition) is 6. The Hall–Kier alpha value is -2.26. The van der Waals surface area contributed by atoms with Gasteiger partial charge in [-0.2, -0.15) is 0 Å². The van der Waals surface area contributed by atoms with Gasteiger partial charge in [-0.1, -0.05) is 12.1 Å². The summed E-state index contributed by atoms with van der Waals surface area (Å²) in [5, 5.41) is 0. The molecular formula is C23H30FN3O4. The Balaban J connectivity index is 1.41. The summed E-state index contributed by atoms with van der Waals surface area (Å²) in [5.41, 5.74) is 0.104. The van der Waals surface area contributed by atoms with E-state index in [-0.39, 0.29) is 17.6 Å². The zero-order valence-electron chi connectivity index (χ0n) is 17.7. The molecule has 0 bridgehead atoms. The number of ether oxygens (including phenoxy) is 2. The lowest BCUT2D eigenvalue weighted by atomic mass is 10.1. The van der Waals surface area contributed by atoms with E-state index in [0.29, 0.717) is 46.0 Å². The van der Waals surface area contributed by atoms with Crippen LogP contribution in [-0.2, 0) is 16.0 Å². The molecule has 2 aromatic rings. The Kier molecular flexibility index (Phi) is 7.69. The molecule has 3 heterocycles. The van der Waals surface area contributed by atoms with Crippen molar-refractivity contribution in [2.24, 2.45) is 0 Å². The summed E-state index contributed by atoms with van der Waals surface area (Å²) < 4.78 is 31.2. The average Bonchev–Trinajstić information content (AvgIpc) is 3.30. The summed E-state index contributed by atoms with van der Waals surface area (Å²) in [4.78, 5) is 19.5. The van der Waals surface area contributed by atoms with Crippen molar-refractivity contribution in [3.05, 3.63) is 59.8 Å². The van der Waals surface area contributed by atoms with E-state index in [1.54, 1.807) is 29.4 Å². The molecule has 0 spiro atoms. The van der Waals surface area contributed by atoms with Crippen LogP contribution in [0.3, 0.4) is 0 Å². The van der Waals surface area contributed by atoms with Gasteiger partial charge in [0.1, 0.15) is 11.6 Å². The Morgan fingerprint density at radius 2 is 1.87 bits per heavy atom. The van der Waals surface area contributed by atoms with Crippen molar-refractivity contribution in [2.45, 2.75) is 12.6 Å². The van der Waals surface area contributed by atoms with Crippen molar-refractivity contribution in [3.8, 4) is 0 Å². The van der Waals surface area contributed by atoms with Crippen LogP contribution in [0.2, 0.25) is 0 Å². The molecule has 2 aliphatic heterocycles. The molecule has 1 amide bonds. The summed E-state index contributed by atoms with van der Waals surface area (Å²) in [7, 11) is 0. The standard InChI is InChI=1S/C23H30FN3O4/c24-22-6-2-1-5-21(22)23(28)27(8-7-25-9-13-29-14-10-25)18-20-17-26(11-15-31-20)16-19-4-3-12-30-19/h1-6,12,20H,7-11,13-18H2. The van der Waals surface area contributed by atoms with Gasteiger partial charge in [-0.05, 0) is 24.3 Å². The Bertz CT molecular complexity index is 826. The van der Waals surface area contributed by atoms with Crippen molar-refractivity contribution < 1.29 is 23.1 Å². The molecule has 0 saturated carbocycles. The highest BCUT2D eigenvalue weighted by Gasteiger charge is 2.27. The number of carbonyl (C=O) groups is 1. The number of nitrogens with zero attached hydrogens (tertiary/aromatic N) is 3. The van der Waals surface area contributed by atoms with Gasteiger partial charge in [0.25, 0.3) is 5.91 Å². The fraction of sp³-hybridized carbons (Fsp3) is 0.522. The molecule has 2 fully saturated rings. The molecule has 1 unspecified atom stereocenters. The monoisotopic (exact) mass is 431 g/mol. The van der Waals surface area contributed by atoms with Crippen LogP contribution in [0.25, 0.3) is 0 Å². The van der Waals surface area contributed by atoms with Crippen molar-refractivity contribution in [3.63, 3.8) is 0 Å². The number of amides is 1. The third-order valence-corrected chi connectivity index (χ3v) is 5.79. The van der Waals surface area contributed by atoms with E-state index in [1.165, 1.54) is 6.07 Å². The molecule has 0 radical (unpaired) electrons. The minimum atomic E-state index is -0.493. The van der Waals surface area contributed by atoms with Gasteiger partial charge in [0.15, 0.2) is 0 Å². The third-order valence-electron chi connectivity index (χ3n) is 5.79. The molecule has 8 heteroatoms. The molecule has 2 aliphatic rings. The predicted molar refractivity (Wildman–Crippen MR) is 113 cm³/mol. The van der Waals surface area contributed by atoms with Gasteiger partial charge in [-0.15, -0.1) is 0 Å². The molecule has 0 N–H and O–H groups in total. The van der Waals surface area contributed by atoms with E-state index in [0.717, 1.165) is 31.9 Å². The van der Waals surface area contributed by atoms with Crippen LogP contribution in [0.4, 0.5) is 4.39 Å². The van der Waals surface area contributed by atoms with E-state index in [1.807, 2.05) is 12.1 Å². The molecule has 1 aromatic heterocycles. The van der Waals surface area contributed by atoms with Crippen LogP contribution < -0.4 is 0 Å². The van der Waals surface area contributed by atoms with E-state index in [4.69, 9.17) is 13.9 Å². The summed E-state index contributed by atoms with van der Waals surface area (Å²) in [5.74, 6) is 0.123. The molecule has 1 aromatic carbocycles. The van der Waals surface area contributed by atoms with Crippen molar-refractivity contribution >= 4 is 5.91 Å². The normalized spacial score (nSPS) is 20.6. The van der Waals surface area contributed by atoms with Crippen molar-refractivity contribution in [1.29, 1.82) is 0 Å². The van der Waals surface area contributed by atoms with Crippen LogP contribution in [0.1, 0.15) is 16.1 Å². The summed E-state index contributed by atoms with van der Waals surface area (Å²) >= 11 is 0. The first-order valence-corrected chi connectivity index (χ1v) is 10.9. The molecule has 168 valence electrons. The Morgan fingerprint density at radius 3 is 2.65 bits per heavy atom. The Labute approximate surface area is 182 Å². The highest BCUT2D eigenvalue weighted by molar-refractivity contribution is 5.94. The quantitative estimate of drug-likeness (QED) is 0.638. The fourth-order valence-electron chi connectivity index (χ4n) is 4.07. The highest BCUT2D eigenvalue weighted by Crippen LogP contribution is 2.15. The van der Waals surface area contributed by atoms with E-state index in [9.17, 15) is 9.18 Å². The first-order valence-electron chi connectivity index (χ1n) is 10.9. The van der Waals surface area contributed by atoms with Crippen LogP contribution in [0.15, 0.2) is 47.1 Å². The zero-order chi connectivity index (χ0) is 21.5. The molecule has 4 rings (SSSR count). The lowest BCUT2D eigenvalue weighted by Gasteiger charge is -2.36. The number of furan rings is 1. The number of halogens is 1. The van der Waals surface area contributed by atoms with Crippen molar-refractivity contribution in [1.82, 2.24) is 14.7 Å². The fourth-order valence-corrected chi connectivity index (χ4v) is 4.07. The van der Waals surface area contributed by atoms with E-state index in [2.05, 4.69) is 9.80 Å². The SMILES string of the molecule is O=C(c1ccccc1F)N(CCN1CCOCC1)CC1CN(Cc2ccco2)CCO1. The first-order chi connectivity index (χ1) is 15.2. The average molecular weight is 432 g/mol. The predicted octanol–water partition coefficient (Wildman–Crippen LogP) is 2.09. The van der Waals surface area contributed by atoms with Gasteiger partial charge in [0.05, 0.1) is 44.3 Å². The second kappa shape index (κ2) is 10.9. The lowest BCUT2D eigenvalue weighted by Crippen LogP contribution is -2.50. The van der Waals surface area contributed by atoms with Gasteiger partial charge < -0.3 is 18.8 Å². The highest BCUT2D eigenvalue weighted by atomic mass is 19.1. The number of hydrogen-bond donors (Lipinski definition) is 0. The number of rotatable bonds is 8.